The predicted octanol–water partition coefficient (Wildman–Crippen LogP) is 4.01. The van der Waals surface area contributed by atoms with Gasteiger partial charge < -0.3 is 20.1 Å². The largest absolute Gasteiger partial charge is 0.493 e. The third kappa shape index (κ3) is 6.64. The molecule has 0 spiro atoms. The molecule has 1 aromatic carbocycles. The van der Waals surface area contributed by atoms with Crippen molar-refractivity contribution in [3.63, 3.8) is 0 Å². The zero-order valence-corrected chi connectivity index (χ0v) is 19.2. The van der Waals surface area contributed by atoms with Crippen LogP contribution < -0.4 is 15.4 Å². The first-order valence-corrected chi connectivity index (χ1v) is 9.84. The molecule has 0 bridgehead atoms. The number of benzene rings is 1. The summed E-state index contributed by atoms with van der Waals surface area (Å²) < 4.78 is 12.8. The Kier molecular flexibility index (Phi) is 9.51. The standard InChI is InChI=1S/C19H25N5O2S.HI/c1-3-20-18(21-13-16-14-24-8-11-27-19(24)23-16)22-15-6-4-7-17(12-15)26-10-5-9-25-2;/h4,6-8,11-12,14H,3,5,9-10,13H2,1-2H3,(H2,20,21,22);1H. The average Bonchev–Trinajstić information content (AvgIpc) is 3.26. The molecule has 0 saturated heterocycles. The minimum atomic E-state index is 0. The van der Waals surface area contributed by atoms with E-state index in [-0.39, 0.29) is 24.0 Å². The number of ether oxygens (including phenoxy) is 2. The summed E-state index contributed by atoms with van der Waals surface area (Å²) in [5, 5.41) is 8.60. The van der Waals surface area contributed by atoms with Gasteiger partial charge in [-0.25, -0.2) is 9.98 Å². The van der Waals surface area contributed by atoms with Crippen molar-refractivity contribution in [2.45, 2.75) is 19.9 Å². The van der Waals surface area contributed by atoms with Crippen LogP contribution >= 0.6 is 35.3 Å². The van der Waals surface area contributed by atoms with Gasteiger partial charge in [0.15, 0.2) is 10.9 Å². The first kappa shape index (κ1) is 22.4. The number of aliphatic imine (C=N–C) groups is 1. The first-order valence-electron chi connectivity index (χ1n) is 8.96. The molecule has 0 aliphatic rings. The Hall–Kier alpha value is -1.85. The minimum Gasteiger partial charge on any atom is -0.493 e. The zero-order chi connectivity index (χ0) is 18.9. The number of thiazole rings is 1. The average molecular weight is 515 g/mol. The second-order valence-electron chi connectivity index (χ2n) is 5.87. The number of halogens is 1. The van der Waals surface area contributed by atoms with Crippen molar-refractivity contribution in [2.24, 2.45) is 4.99 Å². The number of hydrogen-bond donors (Lipinski definition) is 2. The second-order valence-corrected chi connectivity index (χ2v) is 6.74. The fourth-order valence-electron chi connectivity index (χ4n) is 2.51. The lowest BCUT2D eigenvalue weighted by Crippen LogP contribution is -2.30. The molecule has 0 amide bonds. The number of fused-ring (bicyclic) bond motifs is 1. The summed E-state index contributed by atoms with van der Waals surface area (Å²) in [6.45, 7) is 4.65. The molecule has 0 fully saturated rings. The van der Waals surface area contributed by atoms with Gasteiger partial charge in [0, 0.05) is 56.2 Å². The van der Waals surface area contributed by atoms with Crippen molar-refractivity contribution in [1.29, 1.82) is 0 Å². The van der Waals surface area contributed by atoms with Crippen LogP contribution in [0.1, 0.15) is 19.0 Å². The topological polar surface area (TPSA) is 72.2 Å². The molecule has 0 aliphatic carbocycles. The van der Waals surface area contributed by atoms with Crippen LogP contribution in [0.2, 0.25) is 0 Å². The van der Waals surface area contributed by atoms with Crippen LogP contribution in [0.15, 0.2) is 47.0 Å². The third-order valence-electron chi connectivity index (χ3n) is 3.74. The van der Waals surface area contributed by atoms with E-state index in [1.807, 2.05) is 53.4 Å². The van der Waals surface area contributed by atoms with E-state index in [4.69, 9.17) is 9.47 Å². The van der Waals surface area contributed by atoms with Gasteiger partial charge >= 0.3 is 0 Å². The van der Waals surface area contributed by atoms with E-state index in [1.165, 1.54) is 0 Å². The van der Waals surface area contributed by atoms with Crippen LogP contribution in [0.5, 0.6) is 5.75 Å². The fraction of sp³-hybridized carbons (Fsp3) is 0.368. The minimum absolute atomic E-state index is 0. The van der Waals surface area contributed by atoms with E-state index in [2.05, 4.69) is 20.6 Å². The summed E-state index contributed by atoms with van der Waals surface area (Å²) in [7, 11) is 1.69. The molecule has 0 unspecified atom stereocenters. The van der Waals surface area contributed by atoms with Gasteiger partial charge in [-0.1, -0.05) is 6.07 Å². The van der Waals surface area contributed by atoms with Gasteiger partial charge in [-0.15, -0.1) is 35.3 Å². The Bertz CT molecular complexity index is 851. The summed E-state index contributed by atoms with van der Waals surface area (Å²) in [4.78, 5) is 10.2. The number of guanidine groups is 1. The fourth-order valence-corrected chi connectivity index (χ4v) is 3.23. The van der Waals surface area contributed by atoms with Crippen LogP contribution in [0.4, 0.5) is 5.69 Å². The van der Waals surface area contributed by atoms with E-state index in [0.717, 1.165) is 35.1 Å². The summed E-state index contributed by atoms with van der Waals surface area (Å²) in [5.41, 5.74) is 1.86. The van der Waals surface area contributed by atoms with Crippen molar-refractivity contribution in [1.82, 2.24) is 14.7 Å². The van der Waals surface area contributed by atoms with Crippen molar-refractivity contribution in [2.75, 3.05) is 32.2 Å². The molecular weight excluding hydrogens is 489 g/mol. The number of nitrogens with one attached hydrogen (secondary N) is 2. The number of methoxy groups -OCH3 is 1. The summed E-state index contributed by atoms with van der Waals surface area (Å²) >= 11 is 1.62. The maximum absolute atomic E-state index is 5.75. The predicted molar refractivity (Wildman–Crippen MR) is 125 cm³/mol. The number of nitrogens with zero attached hydrogens (tertiary/aromatic N) is 3. The molecule has 2 aromatic heterocycles. The van der Waals surface area contributed by atoms with Crippen molar-refractivity contribution in [3.05, 3.63) is 47.7 Å². The van der Waals surface area contributed by atoms with Crippen molar-refractivity contribution in [3.8, 4) is 5.75 Å². The van der Waals surface area contributed by atoms with E-state index >= 15 is 0 Å². The highest BCUT2D eigenvalue weighted by atomic mass is 127. The highest BCUT2D eigenvalue weighted by Gasteiger charge is 2.04. The molecule has 3 aromatic rings. The normalized spacial score (nSPS) is 11.3. The molecule has 0 atom stereocenters. The molecule has 2 N–H and O–H groups in total. The van der Waals surface area contributed by atoms with Gasteiger partial charge in [0.25, 0.3) is 0 Å². The number of anilines is 1. The lowest BCUT2D eigenvalue weighted by Gasteiger charge is -2.12. The molecule has 9 heteroatoms. The molecule has 0 radical (unpaired) electrons. The monoisotopic (exact) mass is 515 g/mol. The summed E-state index contributed by atoms with van der Waals surface area (Å²) in [6.07, 6.45) is 4.87. The number of rotatable bonds is 9. The van der Waals surface area contributed by atoms with Gasteiger partial charge in [0.2, 0.25) is 0 Å². The van der Waals surface area contributed by atoms with Gasteiger partial charge in [-0.3, -0.25) is 4.40 Å². The maximum Gasteiger partial charge on any atom is 0.196 e. The molecule has 7 nitrogen and oxygen atoms in total. The van der Waals surface area contributed by atoms with E-state index < -0.39 is 0 Å². The quantitative estimate of drug-likeness (QED) is 0.195. The second kappa shape index (κ2) is 11.9. The van der Waals surface area contributed by atoms with Crippen LogP contribution in [0.3, 0.4) is 0 Å². The Balaban J connectivity index is 0.00000280. The molecule has 3 rings (SSSR count). The van der Waals surface area contributed by atoms with Crippen LogP contribution in [0, 0.1) is 0 Å². The first-order chi connectivity index (χ1) is 13.3. The molecule has 0 aliphatic heterocycles. The van der Waals surface area contributed by atoms with E-state index in [0.29, 0.717) is 25.7 Å². The Morgan fingerprint density at radius 3 is 3.00 bits per heavy atom. The Morgan fingerprint density at radius 2 is 2.21 bits per heavy atom. The van der Waals surface area contributed by atoms with Crippen molar-refractivity contribution >= 4 is 51.9 Å². The zero-order valence-electron chi connectivity index (χ0n) is 16.1. The van der Waals surface area contributed by atoms with Crippen LogP contribution in [0.25, 0.3) is 4.96 Å². The summed E-state index contributed by atoms with van der Waals surface area (Å²) in [5.74, 6) is 1.53. The number of hydrogen-bond acceptors (Lipinski definition) is 5. The Morgan fingerprint density at radius 1 is 1.32 bits per heavy atom. The molecule has 28 heavy (non-hydrogen) atoms. The van der Waals surface area contributed by atoms with E-state index in [1.54, 1.807) is 18.4 Å². The lowest BCUT2D eigenvalue weighted by atomic mass is 10.3. The molecule has 0 saturated carbocycles. The van der Waals surface area contributed by atoms with Crippen molar-refractivity contribution < 1.29 is 9.47 Å². The Labute approximate surface area is 186 Å². The van der Waals surface area contributed by atoms with Gasteiger partial charge in [0.1, 0.15) is 5.75 Å². The number of imidazole rings is 1. The smallest absolute Gasteiger partial charge is 0.196 e. The van der Waals surface area contributed by atoms with Crippen LogP contribution in [-0.2, 0) is 11.3 Å². The van der Waals surface area contributed by atoms with E-state index in [9.17, 15) is 0 Å². The highest BCUT2D eigenvalue weighted by molar-refractivity contribution is 14.0. The highest BCUT2D eigenvalue weighted by Crippen LogP contribution is 2.18. The van der Waals surface area contributed by atoms with Crippen LogP contribution in [-0.4, -0.2) is 42.2 Å². The number of aromatic nitrogens is 2. The maximum atomic E-state index is 5.75. The summed E-state index contributed by atoms with van der Waals surface area (Å²) in [6, 6.07) is 7.86. The van der Waals surface area contributed by atoms with Gasteiger partial charge in [-0.2, -0.15) is 0 Å². The van der Waals surface area contributed by atoms with Gasteiger partial charge in [0.05, 0.1) is 18.8 Å². The third-order valence-corrected chi connectivity index (χ3v) is 4.52. The molecule has 152 valence electrons. The SMILES string of the molecule is CCNC(=NCc1cn2ccsc2n1)Nc1cccc(OCCCOC)c1.I. The van der Waals surface area contributed by atoms with Gasteiger partial charge in [-0.05, 0) is 19.1 Å². The molecular formula is C19H26IN5O2S. The lowest BCUT2D eigenvalue weighted by molar-refractivity contribution is 0.172. The molecule has 2 heterocycles.